The number of quaternary nitrogens is 1. The number of benzene rings is 1. The Balaban J connectivity index is 1.66. The molecule has 24 heavy (non-hydrogen) atoms. The molecule has 6 heteroatoms. The molecule has 128 valence electrons. The predicted molar refractivity (Wildman–Crippen MR) is 96.6 cm³/mol. The van der Waals surface area contributed by atoms with E-state index in [-0.39, 0.29) is 18.1 Å². The third kappa shape index (κ3) is 4.35. The van der Waals surface area contributed by atoms with Crippen molar-refractivity contribution in [2.24, 2.45) is 0 Å². The Bertz CT molecular complexity index is 627. The number of nitrogens with one attached hydrogen (secondary N) is 3. The molecule has 2 amide bonds. The molecular formula is C18H24N3O2S+. The van der Waals surface area contributed by atoms with E-state index < -0.39 is 0 Å². The van der Waals surface area contributed by atoms with Crippen LogP contribution in [0.25, 0.3) is 0 Å². The third-order valence-corrected chi connectivity index (χ3v) is 5.27. The fourth-order valence-corrected chi connectivity index (χ4v) is 4.18. The van der Waals surface area contributed by atoms with Crippen LogP contribution >= 0.6 is 11.3 Å². The lowest BCUT2D eigenvalue weighted by Crippen LogP contribution is -3.15. The molecule has 1 aliphatic heterocycles. The molecule has 0 unspecified atom stereocenters. The molecule has 3 N–H and O–H groups in total. The van der Waals surface area contributed by atoms with Crippen LogP contribution in [0.1, 0.15) is 17.8 Å². The fourth-order valence-electron chi connectivity index (χ4n) is 3.19. The van der Waals surface area contributed by atoms with Gasteiger partial charge < -0.3 is 20.3 Å². The molecule has 0 bridgehead atoms. The first-order chi connectivity index (χ1) is 11.7. The summed E-state index contributed by atoms with van der Waals surface area (Å²) in [5.74, 6) is 0. The zero-order valence-electron chi connectivity index (χ0n) is 13.8. The predicted octanol–water partition coefficient (Wildman–Crippen LogP) is 1.91. The lowest BCUT2D eigenvalue weighted by molar-refractivity contribution is -0.939. The molecule has 1 aromatic carbocycles. The van der Waals surface area contributed by atoms with Crippen LogP contribution < -0.4 is 15.5 Å². The monoisotopic (exact) mass is 346 g/mol. The maximum atomic E-state index is 12.3. The normalized spacial score (nSPS) is 17.9. The molecule has 2 heterocycles. The number of amides is 2. The van der Waals surface area contributed by atoms with E-state index in [1.807, 2.05) is 30.3 Å². The van der Waals surface area contributed by atoms with E-state index >= 15 is 0 Å². The van der Waals surface area contributed by atoms with Gasteiger partial charge in [0, 0.05) is 5.69 Å². The van der Waals surface area contributed by atoms with Crippen molar-refractivity contribution in [2.75, 3.05) is 31.6 Å². The Kier molecular flexibility index (Phi) is 5.85. The number of hydrogen-bond donors (Lipinski definition) is 3. The Labute approximate surface area is 146 Å². The lowest BCUT2D eigenvalue weighted by Gasteiger charge is -2.34. The van der Waals surface area contributed by atoms with Crippen LogP contribution in [0.3, 0.4) is 0 Å². The third-order valence-electron chi connectivity index (χ3n) is 4.31. The van der Waals surface area contributed by atoms with E-state index in [0.29, 0.717) is 0 Å². The maximum absolute atomic E-state index is 12.3. The fraction of sp³-hybridized carbons (Fsp3) is 0.389. The summed E-state index contributed by atoms with van der Waals surface area (Å²) >= 11 is 1.75. The molecule has 1 aromatic heterocycles. The topological polar surface area (TPSA) is 54.8 Å². The van der Waals surface area contributed by atoms with Crippen molar-refractivity contribution in [3.63, 3.8) is 0 Å². The van der Waals surface area contributed by atoms with Gasteiger partial charge in [-0.25, -0.2) is 4.79 Å². The van der Waals surface area contributed by atoms with E-state index in [1.165, 1.54) is 9.78 Å². The highest BCUT2D eigenvalue weighted by Gasteiger charge is 2.33. The number of hydrogen-bond acceptors (Lipinski definition) is 3. The Morgan fingerprint density at radius 2 is 1.92 bits per heavy atom. The molecule has 3 rings (SSSR count). The average molecular weight is 346 g/mol. The number of carbonyl (C=O) groups excluding carboxylic acids is 1. The first-order valence-corrected chi connectivity index (χ1v) is 9.20. The number of thiophene rings is 1. The molecule has 2 aromatic rings. The first-order valence-electron chi connectivity index (χ1n) is 8.32. The summed E-state index contributed by atoms with van der Waals surface area (Å²) in [6.45, 7) is 5.57. The van der Waals surface area contributed by atoms with Gasteiger partial charge in [-0.3, -0.25) is 0 Å². The second-order valence-electron chi connectivity index (χ2n) is 6.02. The van der Waals surface area contributed by atoms with Crippen molar-refractivity contribution in [1.82, 2.24) is 5.32 Å². The minimum atomic E-state index is -0.164. The van der Waals surface area contributed by atoms with Crippen molar-refractivity contribution >= 4 is 23.1 Å². The summed E-state index contributed by atoms with van der Waals surface area (Å²) in [6, 6.07) is 13.9. The molecule has 0 radical (unpaired) electrons. The quantitative estimate of drug-likeness (QED) is 0.775. The number of urea groups is 1. The zero-order chi connectivity index (χ0) is 16.8. The van der Waals surface area contributed by atoms with Gasteiger partial charge in [-0.2, -0.15) is 0 Å². The van der Waals surface area contributed by atoms with Crippen molar-refractivity contribution in [2.45, 2.75) is 19.0 Å². The molecule has 0 saturated carbocycles. The summed E-state index contributed by atoms with van der Waals surface area (Å²) in [6.07, 6.45) is 0. The average Bonchev–Trinajstić information content (AvgIpc) is 3.11. The van der Waals surface area contributed by atoms with Gasteiger partial charge in [-0.1, -0.05) is 24.3 Å². The first kappa shape index (κ1) is 17.0. The van der Waals surface area contributed by atoms with Crippen LogP contribution in [-0.4, -0.2) is 38.4 Å². The Morgan fingerprint density at radius 1 is 1.17 bits per heavy atom. The maximum Gasteiger partial charge on any atom is 0.319 e. The number of ether oxygens (including phenoxy) is 1. The summed E-state index contributed by atoms with van der Waals surface area (Å²) in [4.78, 5) is 15.1. The summed E-state index contributed by atoms with van der Waals surface area (Å²) < 4.78 is 5.49. The number of rotatable bonds is 5. The van der Waals surface area contributed by atoms with Crippen LogP contribution in [-0.2, 0) is 4.74 Å². The Hall–Kier alpha value is -1.89. The number of anilines is 1. The standard InChI is InChI=1S/C18H23N3O2S/c1-14(19-18(22)20-15-6-3-2-4-7-15)17(16-8-5-13-24-16)21-9-11-23-12-10-21/h2-8,13-14,17H,9-12H2,1H3,(H2,19,20,22)/p+1/t14-,17+/m1/s1. The van der Waals surface area contributed by atoms with Crippen LogP contribution in [0.2, 0.25) is 0 Å². The van der Waals surface area contributed by atoms with E-state index in [1.54, 1.807) is 11.3 Å². The molecular weight excluding hydrogens is 322 g/mol. The zero-order valence-corrected chi connectivity index (χ0v) is 14.6. The minimum Gasteiger partial charge on any atom is -0.370 e. The number of carbonyl (C=O) groups is 1. The second-order valence-corrected chi connectivity index (χ2v) is 7.00. The smallest absolute Gasteiger partial charge is 0.319 e. The van der Waals surface area contributed by atoms with Gasteiger partial charge in [-0.05, 0) is 30.5 Å². The number of morpholine rings is 1. The van der Waals surface area contributed by atoms with Gasteiger partial charge in [0.1, 0.15) is 19.1 Å². The van der Waals surface area contributed by atoms with Gasteiger partial charge in [0.2, 0.25) is 0 Å². The van der Waals surface area contributed by atoms with Gasteiger partial charge in [0.05, 0.1) is 24.1 Å². The van der Waals surface area contributed by atoms with Gasteiger partial charge in [0.15, 0.2) is 0 Å². The van der Waals surface area contributed by atoms with Gasteiger partial charge in [-0.15, -0.1) is 11.3 Å². The van der Waals surface area contributed by atoms with Crippen molar-refractivity contribution < 1.29 is 14.4 Å². The van der Waals surface area contributed by atoms with Crippen LogP contribution in [0, 0.1) is 0 Å². The number of para-hydroxylation sites is 1. The van der Waals surface area contributed by atoms with Crippen molar-refractivity contribution in [1.29, 1.82) is 0 Å². The van der Waals surface area contributed by atoms with E-state index in [2.05, 4.69) is 35.1 Å². The molecule has 5 nitrogen and oxygen atoms in total. The van der Waals surface area contributed by atoms with Gasteiger partial charge >= 0.3 is 6.03 Å². The highest BCUT2D eigenvalue weighted by atomic mass is 32.1. The van der Waals surface area contributed by atoms with E-state index in [9.17, 15) is 4.79 Å². The lowest BCUT2D eigenvalue weighted by atomic mass is 10.1. The molecule has 2 atom stereocenters. The van der Waals surface area contributed by atoms with Crippen LogP contribution in [0.5, 0.6) is 0 Å². The highest BCUT2D eigenvalue weighted by molar-refractivity contribution is 7.10. The molecule has 1 saturated heterocycles. The largest absolute Gasteiger partial charge is 0.370 e. The summed E-state index contributed by atoms with van der Waals surface area (Å²) in [5.41, 5.74) is 0.800. The Morgan fingerprint density at radius 3 is 2.58 bits per heavy atom. The summed E-state index contributed by atoms with van der Waals surface area (Å²) in [7, 11) is 0. The van der Waals surface area contributed by atoms with Crippen molar-refractivity contribution in [3.8, 4) is 0 Å². The molecule has 0 aliphatic carbocycles. The van der Waals surface area contributed by atoms with Gasteiger partial charge in [0.25, 0.3) is 0 Å². The van der Waals surface area contributed by atoms with E-state index in [4.69, 9.17) is 4.74 Å². The second kappa shape index (κ2) is 8.28. The van der Waals surface area contributed by atoms with Crippen molar-refractivity contribution in [3.05, 3.63) is 52.7 Å². The van der Waals surface area contributed by atoms with Crippen LogP contribution in [0.4, 0.5) is 10.5 Å². The molecule has 1 fully saturated rings. The SMILES string of the molecule is C[C@@H](NC(=O)Nc1ccccc1)[C@@H](c1cccs1)[NH+]1CCOCC1. The molecule has 0 spiro atoms. The van der Waals surface area contributed by atoms with E-state index in [0.717, 1.165) is 32.0 Å². The van der Waals surface area contributed by atoms with Crippen LogP contribution in [0.15, 0.2) is 47.8 Å². The minimum absolute atomic E-state index is 0.0282. The molecule has 1 aliphatic rings. The highest BCUT2D eigenvalue weighted by Crippen LogP contribution is 2.20. The summed E-state index contributed by atoms with van der Waals surface area (Å²) in [5, 5.41) is 8.10.